The van der Waals surface area contributed by atoms with E-state index >= 15 is 0 Å². The fourth-order valence-corrected chi connectivity index (χ4v) is 12.0. The summed E-state index contributed by atoms with van der Waals surface area (Å²) < 4.78 is 17.1. The Bertz CT molecular complexity index is 3260. The van der Waals surface area contributed by atoms with Crippen molar-refractivity contribution in [1.29, 1.82) is 0 Å². The largest absolute Gasteiger partial charge is 0.377 e. The van der Waals surface area contributed by atoms with Gasteiger partial charge in [-0.1, -0.05) is 267 Å². The third-order valence-corrected chi connectivity index (χ3v) is 15.7. The first-order valence-electron chi connectivity index (χ1n) is 27.7. The van der Waals surface area contributed by atoms with Gasteiger partial charge in [0, 0.05) is 11.4 Å². The van der Waals surface area contributed by atoms with Crippen molar-refractivity contribution >= 4 is 12.2 Å². The molecule has 0 amide bonds. The smallest absolute Gasteiger partial charge is 0.121 e. The molecule has 0 saturated carbocycles. The van der Waals surface area contributed by atoms with E-state index in [1.165, 1.54) is 67.3 Å². The normalized spacial score (nSPS) is 15.3. The molecule has 78 heavy (non-hydrogen) atoms. The summed E-state index contributed by atoms with van der Waals surface area (Å²) in [5.74, 6) is 0.934. The predicted molar refractivity (Wildman–Crippen MR) is 317 cm³/mol. The number of aryl methyl sites for hydroxylation is 1. The second-order valence-corrected chi connectivity index (χ2v) is 20.6. The summed E-state index contributed by atoms with van der Waals surface area (Å²) in [6, 6.07) is 85.9. The zero-order valence-electron chi connectivity index (χ0n) is 44.4. The van der Waals surface area contributed by atoms with Gasteiger partial charge in [0.1, 0.15) is 11.1 Å². The van der Waals surface area contributed by atoms with Crippen LogP contribution in [0.1, 0.15) is 80.1 Å². The van der Waals surface area contributed by atoms with Gasteiger partial charge in [-0.25, -0.2) is 9.97 Å². The molecule has 0 N–H and O–H groups in total. The van der Waals surface area contributed by atoms with Crippen LogP contribution in [0, 0.1) is 11.8 Å². The van der Waals surface area contributed by atoms with E-state index in [0.29, 0.717) is 25.0 Å². The second kappa shape index (κ2) is 25.2. The van der Waals surface area contributed by atoms with Gasteiger partial charge in [-0.15, -0.1) is 0 Å². The molecule has 2 aromatic heterocycles. The van der Waals surface area contributed by atoms with Crippen LogP contribution in [0.25, 0.3) is 12.2 Å². The van der Waals surface area contributed by atoms with Crippen molar-refractivity contribution in [3.63, 3.8) is 0 Å². The molecule has 388 valence electrons. The monoisotopic (exact) mass is 1020 g/mol. The lowest BCUT2D eigenvalue weighted by Gasteiger charge is -2.39. The number of hydrogen-bond acceptors (Lipinski definition) is 4. The number of hydrogen-bond donors (Lipinski definition) is 0. The number of imidazole rings is 2. The van der Waals surface area contributed by atoms with Crippen molar-refractivity contribution in [3.05, 3.63) is 335 Å². The lowest BCUT2D eigenvalue weighted by Crippen LogP contribution is -2.39. The average molecular weight is 1020 g/mol. The summed E-state index contributed by atoms with van der Waals surface area (Å²) in [7, 11) is 0. The zero-order valence-corrected chi connectivity index (χ0v) is 44.4. The van der Waals surface area contributed by atoms with Crippen LogP contribution in [0.4, 0.5) is 0 Å². The molecule has 10 aromatic rings. The van der Waals surface area contributed by atoms with Gasteiger partial charge in [-0.2, -0.15) is 0 Å². The van der Waals surface area contributed by atoms with Gasteiger partial charge >= 0.3 is 0 Å². The lowest BCUT2D eigenvalue weighted by atomic mass is 9.76. The third kappa shape index (κ3) is 11.2. The predicted octanol–water partition coefficient (Wildman–Crippen LogP) is 15.1. The van der Waals surface area contributed by atoms with Crippen LogP contribution in [0.3, 0.4) is 0 Å². The van der Waals surface area contributed by atoms with E-state index < -0.39 is 11.1 Å². The van der Waals surface area contributed by atoms with Crippen molar-refractivity contribution < 1.29 is 9.47 Å². The minimum Gasteiger partial charge on any atom is -0.377 e. The Morgan fingerprint density at radius 3 is 1.08 bits per heavy atom. The van der Waals surface area contributed by atoms with Crippen LogP contribution in [-0.2, 0) is 46.2 Å². The molecular weight excluding hydrogens is 953 g/mol. The van der Waals surface area contributed by atoms with Crippen molar-refractivity contribution in [2.24, 2.45) is 11.8 Å². The Balaban J connectivity index is 0.000000165. The van der Waals surface area contributed by atoms with E-state index in [2.05, 4.69) is 277 Å². The average Bonchev–Trinajstić information content (AvgIpc) is 4.33. The van der Waals surface area contributed by atoms with Crippen LogP contribution in [0.15, 0.2) is 267 Å². The molecule has 0 bridgehead atoms. The van der Waals surface area contributed by atoms with Gasteiger partial charge in [0.05, 0.1) is 50.5 Å². The van der Waals surface area contributed by atoms with E-state index in [0.717, 1.165) is 51.7 Å². The SMILES string of the molecule is C(=C\c1ccccc1)/COCC1CCc2c(ncn2C(c2ccccc2)(c2ccccc2)c2ccccc2)C1.C(=C\c1ccccc1)/COCC1CCc2ncn(C(c3ccccc3)(c3ccccc3)c3ccccc3)c2C1. The molecular formula is C72H68N4O2. The van der Waals surface area contributed by atoms with E-state index in [-0.39, 0.29) is 0 Å². The first-order valence-corrected chi connectivity index (χ1v) is 27.7. The molecule has 2 unspecified atom stereocenters. The van der Waals surface area contributed by atoms with Gasteiger partial charge in [-0.3, -0.25) is 0 Å². The highest BCUT2D eigenvalue weighted by Gasteiger charge is 2.43. The highest BCUT2D eigenvalue weighted by Crippen LogP contribution is 2.45. The highest BCUT2D eigenvalue weighted by atomic mass is 16.5. The van der Waals surface area contributed by atoms with Crippen molar-refractivity contribution in [1.82, 2.24) is 19.1 Å². The van der Waals surface area contributed by atoms with Gasteiger partial charge in [0.2, 0.25) is 0 Å². The number of nitrogens with zero attached hydrogens (tertiary/aromatic N) is 4. The number of aromatic nitrogens is 4. The Morgan fingerprint density at radius 2 is 0.692 bits per heavy atom. The number of fused-ring (bicyclic) bond motifs is 2. The van der Waals surface area contributed by atoms with E-state index in [4.69, 9.17) is 19.4 Å². The molecule has 6 nitrogen and oxygen atoms in total. The maximum atomic E-state index is 6.15. The van der Waals surface area contributed by atoms with E-state index in [9.17, 15) is 0 Å². The summed E-state index contributed by atoms with van der Waals surface area (Å²) in [4.78, 5) is 10.0. The molecule has 0 fully saturated rings. The molecule has 0 saturated heterocycles. The van der Waals surface area contributed by atoms with Gasteiger partial charge in [-0.05, 0) is 94.9 Å². The molecule has 0 spiro atoms. The molecule has 0 aliphatic heterocycles. The molecule has 2 aliphatic rings. The lowest BCUT2D eigenvalue weighted by molar-refractivity contribution is 0.115. The zero-order chi connectivity index (χ0) is 52.7. The van der Waals surface area contributed by atoms with Crippen LogP contribution in [0.2, 0.25) is 0 Å². The summed E-state index contributed by atoms with van der Waals surface area (Å²) in [6.07, 6.45) is 18.7. The maximum Gasteiger partial charge on any atom is 0.121 e. The minimum absolute atomic E-state index is 0.457. The molecule has 0 radical (unpaired) electrons. The summed E-state index contributed by atoms with van der Waals surface area (Å²) >= 11 is 0. The van der Waals surface area contributed by atoms with E-state index in [1.54, 1.807) is 0 Å². The fraction of sp³-hybridized carbons (Fsp3) is 0.194. The molecule has 12 rings (SSSR count). The Kier molecular flexibility index (Phi) is 16.7. The van der Waals surface area contributed by atoms with E-state index in [1.807, 2.05) is 12.1 Å². The summed E-state index contributed by atoms with van der Waals surface area (Å²) in [5, 5.41) is 0. The number of benzene rings is 8. The van der Waals surface area contributed by atoms with Gasteiger partial charge < -0.3 is 18.6 Å². The minimum atomic E-state index is -0.522. The van der Waals surface area contributed by atoms with Crippen LogP contribution >= 0.6 is 0 Å². The van der Waals surface area contributed by atoms with Crippen LogP contribution in [0.5, 0.6) is 0 Å². The second-order valence-electron chi connectivity index (χ2n) is 20.6. The maximum absolute atomic E-state index is 6.15. The number of ether oxygens (including phenoxy) is 2. The summed E-state index contributed by atoms with van der Waals surface area (Å²) in [5.41, 5.74) is 13.8. The Morgan fingerprint density at radius 1 is 0.372 bits per heavy atom. The Hall–Kier alpha value is -8.42. The molecule has 6 heteroatoms. The molecule has 2 atom stereocenters. The van der Waals surface area contributed by atoms with Gasteiger partial charge in [0.25, 0.3) is 0 Å². The fourth-order valence-electron chi connectivity index (χ4n) is 12.0. The Labute approximate surface area is 461 Å². The molecule has 2 heterocycles. The summed E-state index contributed by atoms with van der Waals surface area (Å²) in [6.45, 7) is 2.76. The quantitative estimate of drug-likeness (QED) is 0.0635. The number of rotatable bonds is 18. The van der Waals surface area contributed by atoms with Crippen molar-refractivity contribution in [2.45, 2.75) is 49.6 Å². The highest BCUT2D eigenvalue weighted by molar-refractivity contribution is 5.54. The first kappa shape index (κ1) is 51.7. The first-order chi connectivity index (χ1) is 38.7. The van der Waals surface area contributed by atoms with Crippen LogP contribution in [-0.4, -0.2) is 45.5 Å². The molecule has 8 aromatic carbocycles. The van der Waals surface area contributed by atoms with Crippen molar-refractivity contribution in [3.8, 4) is 0 Å². The van der Waals surface area contributed by atoms with Crippen molar-refractivity contribution in [2.75, 3.05) is 26.4 Å². The standard InChI is InChI=1S/2C36H34N2O/c1-5-14-29(15-6-1)16-13-25-39-27-30-23-24-35-34(26-30)37-28-38(35)36(31-17-7-2-8-18-31,32-19-9-3-10-20-32)33-21-11-4-12-22-33;1-5-14-29(15-6-1)16-13-25-39-27-30-23-24-34-35(26-30)38(28-37-34)36(31-17-7-2-8-18-31,32-19-9-3-10-20-32)33-21-11-4-12-22-33/h2*1-22,28,30H,23-27H2/b2*16-13+. The topological polar surface area (TPSA) is 54.1 Å². The molecule has 2 aliphatic carbocycles. The van der Waals surface area contributed by atoms with Crippen LogP contribution < -0.4 is 0 Å². The third-order valence-electron chi connectivity index (χ3n) is 15.7. The van der Waals surface area contributed by atoms with Gasteiger partial charge in [0.15, 0.2) is 0 Å².